The van der Waals surface area contributed by atoms with Gasteiger partial charge in [0.1, 0.15) is 18.0 Å². The highest BCUT2D eigenvalue weighted by atomic mass is 32.2. The number of rotatable bonds is 12. The van der Waals surface area contributed by atoms with Gasteiger partial charge in [-0.1, -0.05) is 42.5 Å². The Balaban J connectivity index is 1.48. The van der Waals surface area contributed by atoms with Crippen LogP contribution in [0.15, 0.2) is 101 Å². The Morgan fingerprint density at radius 3 is 2.30 bits per heavy atom. The first-order valence-corrected chi connectivity index (χ1v) is 13.4. The highest BCUT2D eigenvalue weighted by molar-refractivity contribution is 7.92. The third kappa shape index (κ3) is 6.85. The fourth-order valence-corrected chi connectivity index (χ4v) is 4.74. The summed E-state index contributed by atoms with van der Waals surface area (Å²) in [7, 11) is -1.22. The Labute approximate surface area is 231 Å². The molecule has 0 aliphatic rings. The van der Waals surface area contributed by atoms with Crippen molar-refractivity contribution >= 4 is 33.3 Å². The van der Waals surface area contributed by atoms with Gasteiger partial charge in [0, 0.05) is 6.07 Å². The van der Waals surface area contributed by atoms with Crippen LogP contribution in [0.5, 0.6) is 17.2 Å². The van der Waals surface area contributed by atoms with Gasteiger partial charge in [-0.2, -0.15) is 5.10 Å². The molecule has 0 saturated carbocycles. The molecule has 0 spiro atoms. The molecule has 4 aromatic carbocycles. The molecular weight excluding hydrogens is 536 g/mol. The van der Waals surface area contributed by atoms with Crippen molar-refractivity contribution in [2.45, 2.75) is 11.5 Å². The maximum Gasteiger partial charge on any atom is 0.295 e. The van der Waals surface area contributed by atoms with Crippen LogP contribution >= 0.6 is 0 Å². The normalized spacial score (nSPS) is 11.2. The van der Waals surface area contributed by atoms with E-state index in [9.17, 15) is 18.5 Å². The van der Waals surface area contributed by atoms with E-state index >= 15 is 0 Å². The van der Waals surface area contributed by atoms with Crippen LogP contribution in [0.2, 0.25) is 0 Å². The van der Waals surface area contributed by atoms with E-state index in [-0.39, 0.29) is 16.3 Å². The molecule has 4 aromatic rings. The maximum atomic E-state index is 12.9. The number of methoxy groups -OCH3 is 2. The highest BCUT2D eigenvalue weighted by Crippen LogP contribution is 2.31. The van der Waals surface area contributed by atoms with Crippen molar-refractivity contribution in [2.75, 3.05) is 24.4 Å². The lowest BCUT2D eigenvalue weighted by molar-refractivity contribution is -0.384. The van der Waals surface area contributed by atoms with E-state index in [1.54, 1.807) is 36.4 Å². The molecule has 0 aliphatic carbocycles. The Morgan fingerprint density at radius 2 is 1.57 bits per heavy atom. The minimum atomic E-state index is -4.14. The molecule has 40 heavy (non-hydrogen) atoms. The Bertz CT molecular complexity index is 1630. The molecule has 0 amide bonds. The van der Waals surface area contributed by atoms with E-state index in [0.29, 0.717) is 29.4 Å². The molecule has 0 bridgehead atoms. The summed E-state index contributed by atoms with van der Waals surface area (Å²) in [5.74, 6) is 1.34. The first kappa shape index (κ1) is 27.9. The molecule has 12 heteroatoms. The second kappa shape index (κ2) is 12.6. The Morgan fingerprint density at radius 1 is 0.850 bits per heavy atom. The molecule has 0 fully saturated rings. The van der Waals surface area contributed by atoms with E-state index < -0.39 is 20.6 Å². The summed E-state index contributed by atoms with van der Waals surface area (Å²) in [6, 6.07) is 24.8. The van der Waals surface area contributed by atoms with Crippen molar-refractivity contribution < 1.29 is 27.6 Å². The fourth-order valence-electron chi connectivity index (χ4n) is 3.65. The lowest BCUT2D eigenvalue weighted by atomic mass is 10.2. The van der Waals surface area contributed by atoms with E-state index in [2.05, 4.69) is 15.2 Å². The van der Waals surface area contributed by atoms with Gasteiger partial charge in [-0.25, -0.2) is 8.42 Å². The summed E-state index contributed by atoms with van der Waals surface area (Å²) in [5, 5.41) is 15.8. The topological polar surface area (TPSA) is 141 Å². The molecule has 0 atom stereocenters. The van der Waals surface area contributed by atoms with Gasteiger partial charge in [-0.15, -0.1) is 0 Å². The van der Waals surface area contributed by atoms with Crippen LogP contribution in [0.1, 0.15) is 11.1 Å². The first-order valence-electron chi connectivity index (χ1n) is 11.9. The molecule has 206 valence electrons. The average molecular weight is 563 g/mol. The van der Waals surface area contributed by atoms with Crippen molar-refractivity contribution in [1.82, 2.24) is 0 Å². The van der Waals surface area contributed by atoms with Crippen LogP contribution in [0.4, 0.5) is 17.1 Å². The first-order chi connectivity index (χ1) is 19.3. The van der Waals surface area contributed by atoms with Crippen LogP contribution in [0.3, 0.4) is 0 Å². The van der Waals surface area contributed by atoms with Gasteiger partial charge < -0.3 is 14.2 Å². The Hall–Kier alpha value is -5.10. The second-order valence-corrected chi connectivity index (χ2v) is 9.98. The van der Waals surface area contributed by atoms with Crippen LogP contribution in [-0.4, -0.2) is 33.8 Å². The molecule has 0 heterocycles. The van der Waals surface area contributed by atoms with Crippen molar-refractivity contribution in [3.63, 3.8) is 0 Å². The molecule has 2 N–H and O–H groups in total. The molecule has 0 aliphatic heterocycles. The third-order valence-corrected chi connectivity index (χ3v) is 7.01. The number of nitro groups is 1. The van der Waals surface area contributed by atoms with Gasteiger partial charge in [-0.3, -0.25) is 20.3 Å². The number of nitrogens with zero attached hydrogens (tertiary/aromatic N) is 2. The summed E-state index contributed by atoms with van der Waals surface area (Å²) in [5.41, 5.74) is 3.99. The lowest BCUT2D eigenvalue weighted by Gasteiger charge is -2.12. The van der Waals surface area contributed by atoms with Gasteiger partial charge in [0.05, 0.1) is 35.9 Å². The summed E-state index contributed by atoms with van der Waals surface area (Å²) < 4.78 is 44.6. The van der Waals surface area contributed by atoms with Gasteiger partial charge >= 0.3 is 0 Å². The number of benzene rings is 4. The summed E-state index contributed by atoms with van der Waals surface area (Å²) >= 11 is 0. The molecule has 0 unspecified atom stereocenters. The molecule has 4 rings (SSSR count). The van der Waals surface area contributed by atoms with Crippen molar-refractivity contribution in [3.8, 4) is 17.2 Å². The van der Waals surface area contributed by atoms with E-state index in [1.165, 1.54) is 38.6 Å². The quantitative estimate of drug-likeness (QED) is 0.132. The third-order valence-electron chi connectivity index (χ3n) is 5.65. The standard InChI is InChI=1S/C28H26N4O7S/c1-37-26-11-7-6-10-24(26)31-40(35,36)22-13-14-23(25(17-22)32(33)34)30-29-18-21-12-15-27(28(16-21)38-2)39-19-20-8-4-3-5-9-20/h3-18,30-31H,19H2,1-2H3/b29-18-. The van der Waals surface area contributed by atoms with Gasteiger partial charge in [0.25, 0.3) is 15.7 Å². The fraction of sp³-hybridized carbons (Fsp3) is 0.107. The van der Waals surface area contributed by atoms with Gasteiger partial charge in [0.2, 0.25) is 0 Å². The van der Waals surface area contributed by atoms with Crippen LogP contribution in [0.25, 0.3) is 0 Å². The van der Waals surface area contributed by atoms with Crippen LogP contribution in [0, 0.1) is 10.1 Å². The minimum Gasteiger partial charge on any atom is -0.495 e. The number of ether oxygens (including phenoxy) is 3. The zero-order valence-electron chi connectivity index (χ0n) is 21.6. The molecule has 0 saturated heterocycles. The molecular formula is C28H26N4O7S. The number of hydrazone groups is 1. The minimum absolute atomic E-state index is 0.00673. The van der Waals surface area contributed by atoms with E-state index in [4.69, 9.17) is 14.2 Å². The number of sulfonamides is 1. The summed E-state index contributed by atoms with van der Waals surface area (Å²) in [6.07, 6.45) is 1.45. The zero-order chi connectivity index (χ0) is 28.5. The average Bonchev–Trinajstić information content (AvgIpc) is 2.97. The smallest absolute Gasteiger partial charge is 0.295 e. The maximum absolute atomic E-state index is 12.9. The SMILES string of the molecule is COc1ccccc1NS(=O)(=O)c1ccc(N/N=C\c2ccc(OCc3ccccc3)c(OC)c2)c([N+](=O)[O-])c1. The molecule has 0 aromatic heterocycles. The molecule has 0 radical (unpaired) electrons. The predicted octanol–water partition coefficient (Wildman–Crippen LogP) is 5.44. The van der Waals surface area contributed by atoms with Gasteiger partial charge in [0.15, 0.2) is 11.5 Å². The molecule has 11 nitrogen and oxygen atoms in total. The second-order valence-electron chi connectivity index (χ2n) is 8.30. The Kier molecular flexibility index (Phi) is 8.82. The zero-order valence-corrected chi connectivity index (χ0v) is 22.4. The van der Waals surface area contributed by atoms with E-state index in [0.717, 1.165) is 11.6 Å². The van der Waals surface area contributed by atoms with Crippen LogP contribution in [-0.2, 0) is 16.6 Å². The highest BCUT2D eigenvalue weighted by Gasteiger charge is 2.22. The summed E-state index contributed by atoms with van der Waals surface area (Å²) in [4.78, 5) is 10.7. The van der Waals surface area contributed by atoms with Crippen molar-refractivity contribution in [1.29, 1.82) is 0 Å². The van der Waals surface area contributed by atoms with Crippen molar-refractivity contribution in [2.24, 2.45) is 5.10 Å². The number of nitro benzene ring substituents is 1. The number of anilines is 2. The van der Waals surface area contributed by atoms with E-state index in [1.807, 2.05) is 30.3 Å². The largest absolute Gasteiger partial charge is 0.495 e. The number of para-hydroxylation sites is 2. The number of hydrogen-bond acceptors (Lipinski definition) is 9. The van der Waals surface area contributed by atoms with Crippen LogP contribution < -0.4 is 24.4 Å². The summed E-state index contributed by atoms with van der Waals surface area (Å²) in [6.45, 7) is 0.371. The monoisotopic (exact) mass is 562 g/mol. The lowest BCUT2D eigenvalue weighted by Crippen LogP contribution is -2.14. The van der Waals surface area contributed by atoms with Crippen molar-refractivity contribution in [3.05, 3.63) is 112 Å². The number of hydrogen-bond donors (Lipinski definition) is 2. The van der Waals surface area contributed by atoms with Gasteiger partial charge in [-0.05, 0) is 53.6 Å². The number of nitrogens with one attached hydrogen (secondary N) is 2. The predicted molar refractivity (Wildman–Crippen MR) is 152 cm³/mol.